The standard InChI is InChI=1S/C17H15F3O/c1-4-21-16-14(19)12-11(13(18)15(16)20)9-7-5-6-8-10(9)17(12,2)3/h5-8H,4H2,1-3H3. The van der Waals surface area contributed by atoms with Crippen LogP contribution in [0.25, 0.3) is 11.1 Å². The summed E-state index contributed by atoms with van der Waals surface area (Å²) in [5.74, 6) is -3.75. The number of rotatable bonds is 2. The zero-order valence-electron chi connectivity index (χ0n) is 12.1. The molecule has 2 aromatic carbocycles. The van der Waals surface area contributed by atoms with Crippen LogP contribution in [0.5, 0.6) is 5.75 Å². The summed E-state index contributed by atoms with van der Waals surface area (Å²) in [6.45, 7) is 5.27. The normalized spacial score (nSPS) is 14.8. The smallest absolute Gasteiger partial charge is 0.204 e. The molecule has 0 aliphatic heterocycles. The third kappa shape index (κ3) is 1.71. The van der Waals surface area contributed by atoms with Gasteiger partial charge in [-0.2, -0.15) is 4.39 Å². The van der Waals surface area contributed by atoms with Crippen LogP contribution in [0.15, 0.2) is 24.3 Å². The maximum absolute atomic E-state index is 14.7. The van der Waals surface area contributed by atoms with Crippen molar-refractivity contribution in [2.45, 2.75) is 26.2 Å². The van der Waals surface area contributed by atoms with Crippen LogP contribution in [0.2, 0.25) is 0 Å². The molecule has 0 unspecified atom stereocenters. The van der Waals surface area contributed by atoms with E-state index in [2.05, 4.69) is 0 Å². The minimum Gasteiger partial charge on any atom is -0.488 e. The van der Waals surface area contributed by atoms with Gasteiger partial charge in [0.05, 0.1) is 6.61 Å². The molecule has 0 atom stereocenters. The van der Waals surface area contributed by atoms with E-state index in [1.165, 1.54) is 0 Å². The Hall–Kier alpha value is -1.97. The maximum Gasteiger partial charge on any atom is 0.204 e. The molecule has 0 radical (unpaired) electrons. The fourth-order valence-corrected chi connectivity index (χ4v) is 3.13. The Morgan fingerprint density at radius 1 is 1.00 bits per heavy atom. The molecule has 1 aliphatic rings. The summed E-state index contributed by atoms with van der Waals surface area (Å²) >= 11 is 0. The number of benzene rings is 2. The molecule has 4 heteroatoms. The topological polar surface area (TPSA) is 9.23 Å². The van der Waals surface area contributed by atoms with Gasteiger partial charge < -0.3 is 4.74 Å². The van der Waals surface area contributed by atoms with E-state index in [9.17, 15) is 13.2 Å². The van der Waals surface area contributed by atoms with Crippen molar-refractivity contribution >= 4 is 0 Å². The van der Waals surface area contributed by atoms with Crippen molar-refractivity contribution in [3.05, 3.63) is 52.8 Å². The first-order chi connectivity index (χ1) is 9.91. The van der Waals surface area contributed by atoms with E-state index in [0.29, 0.717) is 5.56 Å². The number of fused-ring (bicyclic) bond motifs is 3. The van der Waals surface area contributed by atoms with Gasteiger partial charge in [-0.25, -0.2) is 8.78 Å². The van der Waals surface area contributed by atoms with Crippen LogP contribution in [0.1, 0.15) is 31.9 Å². The summed E-state index contributed by atoms with van der Waals surface area (Å²) in [5, 5.41) is 0. The van der Waals surface area contributed by atoms with Crippen LogP contribution in [0.4, 0.5) is 13.2 Å². The fraction of sp³-hybridized carbons (Fsp3) is 0.294. The van der Waals surface area contributed by atoms with Crippen LogP contribution in [-0.2, 0) is 5.41 Å². The molecule has 1 nitrogen and oxygen atoms in total. The highest BCUT2D eigenvalue weighted by atomic mass is 19.2. The van der Waals surface area contributed by atoms with Crippen molar-refractivity contribution in [3.63, 3.8) is 0 Å². The molecule has 0 N–H and O–H groups in total. The summed E-state index contributed by atoms with van der Waals surface area (Å²) in [5.41, 5.74) is 0.748. The molecule has 0 saturated carbocycles. The first kappa shape index (κ1) is 14.0. The van der Waals surface area contributed by atoms with Crippen molar-refractivity contribution < 1.29 is 17.9 Å². The predicted molar refractivity (Wildman–Crippen MR) is 75.0 cm³/mol. The molecular weight excluding hydrogens is 277 g/mol. The number of hydrogen-bond acceptors (Lipinski definition) is 1. The molecule has 3 rings (SSSR count). The molecule has 21 heavy (non-hydrogen) atoms. The lowest BCUT2D eigenvalue weighted by molar-refractivity contribution is 0.293. The second-order valence-electron chi connectivity index (χ2n) is 5.62. The van der Waals surface area contributed by atoms with Crippen molar-refractivity contribution in [3.8, 4) is 16.9 Å². The zero-order chi connectivity index (χ0) is 15.4. The van der Waals surface area contributed by atoms with Crippen LogP contribution < -0.4 is 4.74 Å². The van der Waals surface area contributed by atoms with Gasteiger partial charge in [0.2, 0.25) is 5.82 Å². The molecule has 1 aliphatic carbocycles. The van der Waals surface area contributed by atoms with Crippen LogP contribution in [0.3, 0.4) is 0 Å². The Balaban J connectivity index is 2.43. The molecule has 0 saturated heterocycles. The van der Waals surface area contributed by atoms with Gasteiger partial charge in [0, 0.05) is 16.5 Å². The van der Waals surface area contributed by atoms with E-state index in [0.717, 1.165) is 5.56 Å². The number of hydrogen-bond donors (Lipinski definition) is 0. The van der Waals surface area contributed by atoms with Gasteiger partial charge in [-0.05, 0) is 18.1 Å². The van der Waals surface area contributed by atoms with Gasteiger partial charge in [-0.1, -0.05) is 38.1 Å². The minimum absolute atomic E-state index is 0.00838. The minimum atomic E-state index is -1.26. The fourth-order valence-electron chi connectivity index (χ4n) is 3.13. The number of halogens is 3. The van der Waals surface area contributed by atoms with Crippen LogP contribution in [-0.4, -0.2) is 6.61 Å². The second-order valence-corrected chi connectivity index (χ2v) is 5.62. The average molecular weight is 292 g/mol. The molecule has 0 fully saturated rings. The quantitative estimate of drug-likeness (QED) is 0.722. The van der Waals surface area contributed by atoms with Crippen molar-refractivity contribution in [1.29, 1.82) is 0 Å². The van der Waals surface area contributed by atoms with Gasteiger partial charge in [-0.15, -0.1) is 0 Å². The van der Waals surface area contributed by atoms with E-state index < -0.39 is 28.6 Å². The van der Waals surface area contributed by atoms with Crippen molar-refractivity contribution in [2.75, 3.05) is 6.61 Å². The second kappa shape index (κ2) is 4.52. The molecular formula is C17H15F3O. The molecule has 110 valence electrons. The van der Waals surface area contributed by atoms with Gasteiger partial charge in [0.25, 0.3) is 0 Å². The van der Waals surface area contributed by atoms with E-state index in [4.69, 9.17) is 4.74 Å². The van der Waals surface area contributed by atoms with Gasteiger partial charge in [0.15, 0.2) is 17.4 Å². The largest absolute Gasteiger partial charge is 0.488 e. The van der Waals surface area contributed by atoms with E-state index in [1.54, 1.807) is 32.9 Å². The Kier molecular flexibility index (Phi) is 3.01. The summed E-state index contributed by atoms with van der Waals surface area (Å²) in [6, 6.07) is 7.04. The molecule has 2 aromatic rings. The highest BCUT2D eigenvalue weighted by Gasteiger charge is 2.42. The maximum atomic E-state index is 14.7. The highest BCUT2D eigenvalue weighted by Crippen LogP contribution is 2.52. The third-order valence-electron chi connectivity index (χ3n) is 4.06. The average Bonchev–Trinajstić information content (AvgIpc) is 2.70. The summed E-state index contributed by atoms with van der Waals surface area (Å²) in [6.07, 6.45) is 0. The predicted octanol–water partition coefficient (Wildman–Crippen LogP) is 4.81. The monoisotopic (exact) mass is 292 g/mol. The SMILES string of the molecule is CCOc1c(F)c(F)c2c(c1F)C(C)(C)c1ccccc1-2. The Morgan fingerprint density at radius 2 is 1.67 bits per heavy atom. The van der Waals surface area contributed by atoms with Gasteiger partial charge in [-0.3, -0.25) is 0 Å². The zero-order valence-corrected chi connectivity index (χ0v) is 12.1. The lowest BCUT2D eigenvalue weighted by Crippen LogP contribution is -2.18. The summed E-state index contributed by atoms with van der Waals surface area (Å²) in [7, 11) is 0. The first-order valence-corrected chi connectivity index (χ1v) is 6.84. The molecule has 0 bridgehead atoms. The first-order valence-electron chi connectivity index (χ1n) is 6.84. The van der Waals surface area contributed by atoms with E-state index >= 15 is 0 Å². The van der Waals surface area contributed by atoms with E-state index in [1.807, 2.05) is 12.1 Å². The summed E-state index contributed by atoms with van der Waals surface area (Å²) in [4.78, 5) is 0. The van der Waals surface area contributed by atoms with Crippen molar-refractivity contribution in [1.82, 2.24) is 0 Å². The van der Waals surface area contributed by atoms with Gasteiger partial charge in [0.1, 0.15) is 0 Å². The van der Waals surface area contributed by atoms with Crippen molar-refractivity contribution in [2.24, 2.45) is 0 Å². The number of ether oxygens (including phenoxy) is 1. The molecule has 0 spiro atoms. The van der Waals surface area contributed by atoms with Crippen LogP contribution in [0, 0.1) is 17.5 Å². The molecule has 0 heterocycles. The Bertz CT molecular complexity index is 735. The molecule has 0 amide bonds. The van der Waals surface area contributed by atoms with E-state index in [-0.39, 0.29) is 17.7 Å². The van der Waals surface area contributed by atoms with Gasteiger partial charge >= 0.3 is 0 Å². The van der Waals surface area contributed by atoms with Crippen LogP contribution >= 0.6 is 0 Å². The summed E-state index contributed by atoms with van der Waals surface area (Å²) < 4.78 is 48.3. The highest BCUT2D eigenvalue weighted by molar-refractivity contribution is 5.82. The Labute approximate surface area is 121 Å². The molecule has 0 aromatic heterocycles. The Morgan fingerprint density at radius 3 is 2.33 bits per heavy atom. The lowest BCUT2D eigenvalue weighted by Gasteiger charge is -2.23. The lowest BCUT2D eigenvalue weighted by atomic mass is 9.82. The third-order valence-corrected chi connectivity index (χ3v) is 4.06.